The molecule has 0 aromatic rings. The van der Waals surface area contributed by atoms with Crippen LogP contribution in [0.3, 0.4) is 0 Å². The molecule has 0 amide bonds. The van der Waals surface area contributed by atoms with Crippen LogP contribution in [0.4, 0.5) is 0 Å². The maximum atomic E-state index is 9.20. The molecule has 0 aromatic carbocycles. The van der Waals surface area contributed by atoms with Crippen LogP contribution >= 0.6 is 0 Å². The summed E-state index contributed by atoms with van der Waals surface area (Å²) in [6.07, 6.45) is -9.70. The SMILES string of the molecule is NC1C(O)OC(CO)[C@@H](O)[C@H]1O.NC1C(O)OC(CO)[C@@H](O)[C@H]1O.O=S(=O)(O)O.[Cl-].[Cl-].[Na+].[Na+]. The Morgan fingerprint density at radius 1 is 0.636 bits per heavy atom. The van der Waals surface area contributed by atoms with Crippen molar-refractivity contribution in [2.45, 2.75) is 61.3 Å². The fourth-order valence-corrected chi connectivity index (χ4v) is 2.24. The summed E-state index contributed by atoms with van der Waals surface area (Å²) in [5.41, 5.74) is 10.5. The predicted molar refractivity (Wildman–Crippen MR) is 90.1 cm³/mol. The van der Waals surface area contributed by atoms with Crippen LogP contribution in [0.1, 0.15) is 0 Å². The van der Waals surface area contributed by atoms with Crippen molar-refractivity contribution in [2.75, 3.05) is 13.2 Å². The average Bonchev–Trinajstić information content (AvgIpc) is 2.63. The number of halogens is 2. The number of aliphatic hydroxyl groups is 8. The molecule has 10 atom stereocenters. The van der Waals surface area contributed by atoms with Gasteiger partial charge in [-0.3, -0.25) is 9.11 Å². The molecule has 2 rings (SSSR count). The summed E-state index contributed by atoms with van der Waals surface area (Å²) in [5.74, 6) is 0. The van der Waals surface area contributed by atoms with Gasteiger partial charge >= 0.3 is 69.5 Å². The predicted octanol–water partition coefficient (Wildman–Crippen LogP) is -19.1. The second-order valence-electron chi connectivity index (χ2n) is 6.06. The van der Waals surface area contributed by atoms with E-state index in [4.69, 9.17) is 58.9 Å². The fraction of sp³-hybridized carbons (Fsp3) is 1.00. The third kappa shape index (κ3) is 16.4. The zero-order chi connectivity index (χ0) is 23.1. The first-order chi connectivity index (χ1) is 13.1. The summed E-state index contributed by atoms with van der Waals surface area (Å²) < 4.78 is 41.0. The van der Waals surface area contributed by atoms with Gasteiger partial charge in [0, 0.05) is 0 Å². The van der Waals surface area contributed by atoms with Crippen molar-refractivity contribution < 1.29 is 152 Å². The largest absolute Gasteiger partial charge is 1.00 e. The molecule has 2 aliphatic heterocycles. The Labute approximate surface area is 246 Å². The van der Waals surface area contributed by atoms with Crippen LogP contribution in [0.25, 0.3) is 0 Å². The van der Waals surface area contributed by atoms with Crippen molar-refractivity contribution in [3.63, 3.8) is 0 Å². The van der Waals surface area contributed by atoms with Gasteiger partial charge < -0.3 is 86.6 Å². The Morgan fingerprint density at radius 3 is 1.03 bits per heavy atom. The molecular weight excluding hydrogens is 545 g/mol. The summed E-state index contributed by atoms with van der Waals surface area (Å²) in [4.78, 5) is 0. The molecule has 0 aromatic heterocycles. The summed E-state index contributed by atoms with van der Waals surface area (Å²) >= 11 is 0. The van der Waals surface area contributed by atoms with E-state index in [0.717, 1.165) is 0 Å². The topological polar surface area (TPSA) is 307 Å². The Hall–Kier alpha value is 1.97. The minimum absolute atomic E-state index is 0. The van der Waals surface area contributed by atoms with Crippen LogP contribution in [0, 0.1) is 0 Å². The number of hydrogen-bond donors (Lipinski definition) is 12. The minimum atomic E-state index is -4.67. The fourth-order valence-electron chi connectivity index (χ4n) is 2.24. The molecule has 0 radical (unpaired) electrons. The molecule has 0 spiro atoms. The van der Waals surface area contributed by atoms with E-state index in [9.17, 15) is 20.4 Å². The van der Waals surface area contributed by atoms with Gasteiger partial charge in [-0.25, -0.2) is 0 Å². The molecule has 192 valence electrons. The summed E-state index contributed by atoms with van der Waals surface area (Å²) in [6.45, 7) is -0.940. The van der Waals surface area contributed by atoms with Gasteiger partial charge in [-0.15, -0.1) is 0 Å². The zero-order valence-corrected chi connectivity index (χ0v) is 23.9. The van der Waals surface area contributed by atoms with E-state index in [2.05, 4.69) is 0 Å². The van der Waals surface area contributed by atoms with Crippen molar-refractivity contribution in [3.05, 3.63) is 0 Å². The number of nitrogens with two attached hydrogens (primary N) is 2. The smallest absolute Gasteiger partial charge is 1.00 e. The maximum absolute atomic E-state index is 9.20. The summed E-state index contributed by atoms with van der Waals surface area (Å²) in [6, 6.07) is -2.08. The first kappa shape index (κ1) is 44.9. The van der Waals surface area contributed by atoms with E-state index in [1.54, 1.807) is 0 Å². The van der Waals surface area contributed by atoms with Crippen molar-refractivity contribution in [1.29, 1.82) is 0 Å². The molecule has 2 aliphatic rings. The molecule has 2 heterocycles. The molecule has 16 nitrogen and oxygen atoms in total. The monoisotopic (exact) mass is 572 g/mol. The molecule has 33 heavy (non-hydrogen) atoms. The van der Waals surface area contributed by atoms with E-state index in [1.165, 1.54) is 0 Å². The van der Waals surface area contributed by atoms with Crippen LogP contribution in [0.5, 0.6) is 0 Å². The first-order valence-electron chi connectivity index (χ1n) is 7.97. The molecule has 2 fully saturated rings. The van der Waals surface area contributed by atoms with Crippen molar-refractivity contribution in [1.82, 2.24) is 0 Å². The number of rotatable bonds is 2. The third-order valence-electron chi connectivity index (χ3n) is 3.90. The molecule has 0 aliphatic carbocycles. The Bertz CT molecular complexity index is 537. The van der Waals surface area contributed by atoms with E-state index in [1.807, 2.05) is 0 Å². The van der Waals surface area contributed by atoms with Gasteiger partial charge in [-0.2, -0.15) is 8.42 Å². The number of aliphatic hydroxyl groups excluding tert-OH is 8. The quantitative estimate of drug-likeness (QED) is 0.108. The summed E-state index contributed by atoms with van der Waals surface area (Å²) in [5, 5.41) is 72.1. The molecule has 6 unspecified atom stereocenters. The van der Waals surface area contributed by atoms with Crippen LogP contribution in [0.2, 0.25) is 0 Å². The molecular formula is C12H28Cl2N2Na2O14S. The van der Waals surface area contributed by atoms with E-state index >= 15 is 0 Å². The van der Waals surface area contributed by atoms with E-state index < -0.39 is 84.9 Å². The van der Waals surface area contributed by atoms with Gasteiger partial charge in [-0.05, 0) is 0 Å². The number of ether oxygens (including phenoxy) is 2. The molecule has 21 heteroatoms. The van der Waals surface area contributed by atoms with E-state index in [-0.39, 0.29) is 83.9 Å². The third-order valence-corrected chi connectivity index (χ3v) is 3.90. The molecule has 0 saturated carbocycles. The van der Waals surface area contributed by atoms with Crippen LogP contribution in [0.15, 0.2) is 0 Å². The van der Waals surface area contributed by atoms with Gasteiger partial charge in [-0.1, -0.05) is 0 Å². The van der Waals surface area contributed by atoms with Gasteiger partial charge in [0.05, 0.1) is 25.3 Å². The molecule has 2 saturated heterocycles. The molecule has 0 bridgehead atoms. The first-order valence-corrected chi connectivity index (χ1v) is 9.37. The van der Waals surface area contributed by atoms with Crippen molar-refractivity contribution in [3.8, 4) is 0 Å². The van der Waals surface area contributed by atoms with Gasteiger partial charge in [0.2, 0.25) is 0 Å². The van der Waals surface area contributed by atoms with Crippen LogP contribution < -0.4 is 95.4 Å². The van der Waals surface area contributed by atoms with Gasteiger partial charge in [0.1, 0.15) is 36.6 Å². The van der Waals surface area contributed by atoms with Gasteiger partial charge in [0.15, 0.2) is 12.6 Å². The molecule has 14 N–H and O–H groups in total. The Balaban J connectivity index is -0.000000120. The van der Waals surface area contributed by atoms with Crippen molar-refractivity contribution >= 4 is 10.4 Å². The maximum Gasteiger partial charge on any atom is 1.00 e. The normalized spacial score (nSPS) is 37.6. The standard InChI is InChI=1S/2C6H13NO5.2ClH.2Na.H2O4S/c2*7-3-5(10)4(9)2(1-8)12-6(3)11;;;;;1-5(2,3)4/h2*2-6,8-11H,1,7H2;2*1H;;;(H2,1,2,3,4)/q;;;;2*+1;/p-2/t2*2?,3?,4-,5+,6?;;;;;/m11...../s1. The Morgan fingerprint density at radius 2 is 0.848 bits per heavy atom. The Kier molecular flexibility index (Phi) is 28.5. The van der Waals surface area contributed by atoms with Gasteiger partial charge in [0.25, 0.3) is 0 Å². The van der Waals surface area contributed by atoms with Crippen LogP contribution in [-0.2, 0) is 19.9 Å². The second-order valence-corrected chi connectivity index (χ2v) is 6.96. The van der Waals surface area contributed by atoms with Crippen LogP contribution in [-0.4, -0.2) is 133 Å². The van der Waals surface area contributed by atoms with Crippen molar-refractivity contribution in [2.24, 2.45) is 11.5 Å². The van der Waals surface area contributed by atoms with E-state index in [0.29, 0.717) is 0 Å². The second kappa shape index (κ2) is 21.0. The average molecular weight is 573 g/mol. The minimum Gasteiger partial charge on any atom is -1.00 e. The number of hydrogen-bond acceptors (Lipinski definition) is 14. The summed E-state index contributed by atoms with van der Waals surface area (Å²) in [7, 11) is -4.67. The zero-order valence-electron chi connectivity index (χ0n) is 17.6.